The van der Waals surface area contributed by atoms with Gasteiger partial charge in [-0.15, -0.1) is 10.2 Å². The van der Waals surface area contributed by atoms with E-state index in [-0.39, 0.29) is 33.7 Å². The van der Waals surface area contributed by atoms with Crippen LogP contribution in [0.3, 0.4) is 0 Å². The summed E-state index contributed by atoms with van der Waals surface area (Å²) < 4.78 is 35.4. The first-order valence-corrected chi connectivity index (χ1v) is 18.0. The van der Waals surface area contributed by atoms with Crippen molar-refractivity contribution in [2.45, 2.75) is 114 Å². The van der Waals surface area contributed by atoms with Gasteiger partial charge in [0.1, 0.15) is 11.4 Å². The van der Waals surface area contributed by atoms with Crippen LogP contribution in [0.15, 0.2) is 16.5 Å². The zero-order valence-corrected chi connectivity index (χ0v) is 30.8. The number of thioether (sulfide) groups is 1. The number of nitrogen functional groups attached to an aromatic ring is 1. The fourth-order valence-corrected chi connectivity index (χ4v) is 8.95. The van der Waals surface area contributed by atoms with Gasteiger partial charge in [0.2, 0.25) is 5.13 Å². The molecular formula is C33H50BN3O8S2. The SMILES string of the molecule is CCCCOC.COc1ccc(CC(Sc2nnc(N)s2)B2OC3CCC4(C)C(C)CC4C3(C)O2)c(OC(=O)OC(C)(C)C)c1C=O. The number of unbranched alkanes of at least 4 members (excludes halogenated alkanes) is 1. The summed E-state index contributed by atoms with van der Waals surface area (Å²) in [6.45, 7) is 15.2. The average molecular weight is 692 g/mol. The maximum absolute atomic E-state index is 12.7. The third-order valence-electron chi connectivity index (χ3n) is 9.71. The minimum atomic E-state index is -0.915. The fourth-order valence-electron chi connectivity index (χ4n) is 6.95. The highest BCUT2D eigenvalue weighted by molar-refractivity contribution is 8.02. The predicted molar refractivity (Wildman–Crippen MR) is 184 cm³/mol. The minimum absolute atomic E-state index is 0.0282. The van der Waals surface area contributed by atoms with Gasteiger partial charge in [0.15, 0.2) is 16.4 Å². The molecule has 2 aliphatic carbocycles. The van der Waals surface area contributed by atoms with Crippen LogP contribution in [0.4, 0.5) is 9.93 Å². The fraction of sp³-hybridized carbons (Fsp3) is 0.697. The van der Waals surface area contributed by atoms with Crippen molar-refractivity contribution in [2.24, 2.45) is 17.3 Å². The Bertz CT molecular complexity index is 1390. The number of nitrogens with zero attached hydrogens (tertiary/aromatic N) is 2. The van der Waals surface area contributed by atoms with Crippen LogP contribution in [-0.4, -0.2) is 73.0 Å². The Morgan fingerprint density at radius 1 is 1.28 bits per heavy atom. The van der Waals surface area contributed by atoms with Gasteiger partial charge in [-0.2, -0.15) is 0 Å². The average Bonchev–Trinajstić information content (AvgIpc) is 3.58. The highest BCUT2D eigenvalue weighted by atomic mass is 32.2. The summed E-state index contributed by atoms with van der Waals surface area (Å²) in [5.74, 6) is 1.42. The molecule has 0 amide bonds. The number of nitrogens with two attached hydrogens (primary N) is 1. The lowest BCUT2D eigenvalue weighted by molar-refractivity contribution is -0.184. The summed E-state index contributed by atoms with van der Waals surface area (Å²) in [4.78, 5) is 24.9. The van der Waals surface area contributed by atoms with E-state index in [0.717, 1.165) is 25.9 Å². The van der Waals surface area contributed by atoms with Crippen LogP contribution in [0.5, 0.6) is 11.5 Å². The molecule has 47 heavy (non-hydrogen) atoms. The molecule has 3 aliphatic rings. The second kappa shape index (κ2) is 15.4. The number of benzene rings is 1. The maximum Gasteiger partial charge on any atom is 0.514 e. The van der Waals surface area contributed by atoms with Gasteiger partial charge in [0, 0.05) is 13.7 Å². The van der Waals surface area contributed by atoms with E-state index in [0.29, 0.717) is 39.6 Å². The van der Waals surface area contributed by atoms with Crippen LogP contribution in [0, 0.1) is 17.3 Å². The third-order valence-corrected chi connectivity index (χ3v) is 11.8. The zero-order chi connectivity index (χ0) is 34.6. The Morgan fingerprint density at radius 2 is 2.02 bits per heavy atom. The molecule has 2 aromatic rings. The van der Waals surface area contributed by atoms with Crippen molar-refractivity contribution >= 4 is 47.8 Å². The van der Waals surface area contributed by atoms with Crippen molar-refractivity contribution in [1.29, 1.82) is 0 Å². The number of aromatic nitrogens is 2. The van der Waals surface area contributed by atoms with Gasteiger partial charge >= 0.3 is 13.3 Å². The van der Waals surface area contributed by atoms with Crippen LogP contribution >= 0.6 is 23.1 Å². The number of anilines is 1. The van der Waals surface area contributed by atoms with E-state index >= 15 is 0 Å². The lowest BCUT2D eigenvalue weighted by Crippen LogP contribution is -2.63. The Kier molecular flexibility index (Phi) is 12.3. The zero-order valence-electron chi connectivity index (χ0n) is 29.1. The smallest absolute Gasteiger partial charge is 0.496 e. The second-order valence-corrected chi connectivity index (χ2v) is 16.5. The number of hydrogen-bond acceptors (Lipinski definition) is 13. The predicted octanol–water partition coefficient (Wildman–Crippen LogP) is 7.05. The molecule has 0 radical (unpaired) electrons. The Labute approximate surface area is 287 Å². The number of ether oxygens (including phenoxy) is 4. The van der Waals surface area contributed by atoms with Crippen LogP contribution in [0.2, 0.25) is 0 Å². The van der Waals surface area contributed by atoms with Gasteiger partial charge in [-0.3, -0.25) is 4.79 Å². The van der Waals surface area contributed by atoms with Crippen LogP contribution in [0.25, 0.3) is 0 Å². The number of carbonyl (C=O) groups excluding carboxylic acids is 2. The van der Waals surface area contributed by atoms with Crippen LogP contribution in [0.1, 0.15) is 96.5 Å². The van der Waals surface area contributed by atoms with Crippen molar-refractivity contribution in [3.63, 3.8) is 0 Å². The van der Waals surface area contributed by atoms with E-state index in [1.165, 1.54) is 43.1 Å². The van der Waals surface area contributed by atoms with Crippen molar-refractivity contribution < 1.29 is 37.8 Å². The molecule has 1 saturated heterocycles. The van der Waals surface area contributed by atoms with E-state index in [4.69, 9.17) is 34.0 Å². The number of rotatable bonds is 11. The summed E-state index contributed by atoms with van der Waals surface area (Å²) in [6.07, 6.45) is 5.57. The topological polar surface area (TPSA) is 141 Å². The molecule has 6 atom stereocenters. The third kappa shape index (κ3) is 8.44. The molecule has 260 valence electrons. The minimum Gasteiger partial charge on any atom is -0.496 e. The number of carbonyl (C=O) groups is 2. The molecular weight excluding hydrogens is 641 g/mol. The molecule has 2 N–H and O–H groups in total. The van der Waals surface area contributed by atoms with Gasteiger partial charge in [0.05, 0.1) is 29.5 Å². The van der Waals surface area contributed by atoms with Crippen LogP contribution in [-0.2, 0) is 25.2 Å². The highest BCUT2D eigenvalue weighted by Crippen LogP contribution is 2.65. The largest absolute Gasteiger partial charge is 0.514 e. The summed E-state index contributed by atoms with van der Waals surface area (Å²) in [5.41, 5.74) is 5.66. The van der Waals surface area contributed by atoms with Gasteiger partial charge in [-0.05, 0) is 88.7 Å². The first-order valence-electron chi connectivity index (χ1n) is 16.3. The first kappa shape index (κ1) is 37.4. The molecule has 3 fully saturated rings. The quantitative estimate of drug-likeness (QED) is 0.0645. The summed E-state index contributed by atoms with van der Waals surface area (Å²) in [5, 5.41) is 8.24. The van der Waals surface area contributed by atoms with E-state index < -0.39 is 24.5 Å². The standard InChI is InChI=1S/C28H38BN3O7S2.C5H12O/c1-15-12-19-27(15,5)11-10-20-28(19,6)39-29(38-20)21(40-24-32-31-23(30)41-24)13-16-8-9-18(35-7)17(14-33)22(16)36-25(34)37-26(2,3)4;1-3-4-5-6-2/h8-9,14-15,19-21H,10-13H2,1-7H3,(H2,30,31);3-5H2,1-2H3. The Morgan fingerprint density at radius 3 is 2.57 bits per heavy atom. The molecule has 14 heteroatoms. The molecule has 5 rings (SSSR count). The number of hydrogen-bond donors (Lipinski definition) is 1. The normalized spacial score (nSPS) is 27.0. The van der Waals surface area contributed by atoms with E-state index in [1.807, 2.05) is 0 Å². The lowest BCUT2D eigenvalue weighted by Gasteiger charge is -2.63. The molecule has 1 aromatic heterocycles. The summed E-state index contributed by atoms with van der Waals surface area (Å²) in [6, 6.07) is 3.46. The van der Waals surface area contributed by atoms with Gasteiger partial charge in [-0.25, -0.2) is 4.79 Å². The highest BCUT2D eigenvalue weighted by Gasteiger charge is 2.66. The van der Waals surface area contributed by atoms with Crippen molar-refractivity contribution in [3.8, 4) is 11.5 Å². The molecule has 0 bridgehead atoms. The lowest BCUT2D eigenvalue weighted by atomic mass is 9.44. The number of fused-ring (bicyclic) bond motifs is 3. The molecule has 0 spiro atoms. The first-order chi connectivity index (χ1) is 22.2. The van der Waals surface area contributed by atoms with Crippen molar-refractivity contribution in [1.82, 2.24) is 10.2 Å². The number of aldehydes is 1. The number of methoxy groups -OCH3 is 2. The van der Waals surface area contributed by atoms with Crippen LogP contribution < -0.4 is 15.2 Å². The molecule has 11 nitrogen and oxygen atoms in total. The van der Waals surface area contributed by atoms with E-state index in [2.05, 4.69) is 37.9 Å². The Hall–Kier alpha value is -2.39. The Balaban J connectivity index is 0.000000762. The van der Waals surface area contributed by atoms with Crippen molar-refractivity contribution in [2.75, 3.05) is 26.6 Å². The van der Waals surface area contributed by atoms with E-state index in [1.54, 1.807) is 40.0 Å². The maximum atomic E-state index is 12.7. The molecule has 2 heterocycles. The molecule has 1 aromatic carbocycles. The van der Waals surface area contributed by atoms with Crippen molar-refractivity contribution in [3.05, 3.63) is 23.3 Å². The summed E-state index contributed by atoms with van der Waals surface area (Å²) >= 11 is 2.73. The van der Waals surface area contributed by atoms with Gasteiger partial charge < -0.3 is 34.0 Å². The summed E-state index contributed by atoms with van der Waals surface area (Å²) in [7, 11) is 2.61. The monoisotopic (exact) mass is 691 g/mol. The van der Waals surface area contributed by atoms with Gasteiger partial charge in [0.25, 0.3) is 0 Å². The van der Waals surface area contributed by atoms with Gasteiger partial charge in [-0.1, -0.05) is 56.4 Å². The molecule has 1 aliphatic heterocycles. The van der Waals surface area contributed by atoms with E-state index in [9.17, 15) is 9.59 Å². The molecule has 2 saturated carbocycles. The molecule has 6 unspecified atom stereocenters. The second-order valence-electron chi connectivity index (χ2n) is 14.0.